The van der Waals surface area contributed by atoms with Gasteiger partial charge in [0.25, 0.3) is 5.91 Å². The van der Waals surface area contributed by atoms with Gasteiger partial charge in [-0.1, -0.05) is 0 Å². The van der Waals surface area contributed by atoms with E-state index in [0.717, 1.165) is 0 Å². The van der Waals surface area contributed by atoms with Crippen LogP contribution in [-0.2, 0) is 0 Å². The first-order chi connectivity index (χ1) is 9.88. The largest absolute Gasteiger partial charge is 0.478 e. The van der Waals surface area contributed by atoms with Gasteiger partial charge in [0.05, 0.1) is 11.3 Å². The van der Waals surface area contributed by atoms with Gasteiger partial charge in [-0.3, -0.25) is 9.59 Å². The molecule has 0 aliphatic carbocycles. The number of amides is 1. The average molecular weight is 351 g/mol. The number of Topliss-reactive ketones (excluding diaryl/α,β-unsaturated/α-hetero) is 1. The minimum absolute atomic E-state index is 0.110. The Hall–Kier alpha value is -2.41. The van der Waals surface area contributed by atoms with E-state index in [4.69, 9.17) is 5.11 Å². The molecule has 108 valence electrons. The minimum Gasteiger partial charge on any atom is -0.478 e. The van der Waals surface area contributed by atoms with Gasteiger partial charge in [-0.05, 0) is 47.1 Å². The van der Waals surface area contributed by atoms with Crippen LogP contribution in [0.1, 0.15) is 38.1 Å². The van der Waals surface area contributed by atoms with Crippen molar-refractivity contribution in [2.24, 2.45) is 0 Å². The topological polar surface area (TPSA) is 99.3 Å². The van der Waals surface area contributed by atoms with E-state index in [1.54, 1.807) is 0 Å². The number of nitrogens with one attached hydrogen (secondary N) is 2. The Morgan fingerprint density at radius 3 is 2.43 bits per heavy atom. The maximum Gasteiger partial charge on any atom is 0.335 e. The molecule has 0 radical (unpaired) electrons. The fourth-order valence-corrected chi connectivity index (χ4v) is 2.15. The average Bonchev–Trinajstić information content (AvgIpc) is 2.90. The summed E-state index contributed by atoms with van der Waals surface area (Å²) in [5.74, 6) is -1.62. The molecule has 2 aromatic rings. The number of benzene rings is 1. The van der Waals surface area contributed by atoms with Crippen LogP contribution in [0.2, 0.25) is 0 Å². The van der Waals surface area contributed by atoms with E-state index in [2.05, 4.69) is 26.2 Å². The SMILES string of the molecule is CC(=O)c1c[nH]c(C(=O)Nc2ccc(C(=O)O)cc2Br)c1. The lowest BCUT2D eigenvalue weighted by Crippen LogP contribution is -2.13. The Bertz CT molecular complexity index is 736. The molecule has 1 amide bonds. The predicted octanol–water partition coefficient (Wildman–Crippen LogP) is 2.93. The Morgan fingerprint density at radius 1 is 1.19 bits per heavy atom. The second-order valence-electron chi connectivity index (χ2n) is 4.31. The van der Waals surface area contributed by atoms with Crippen LogP contribution in [0.3, 0.4) is 0 Å². The number of H-pyrrole nitrogens is 1. The van der Waals surface area contributed by atoms with Gasteiger partial charge in [-0.2, -0.15) is 0 Å². The lowest BCUT2D eigenvalue weighted by atomic mass is 10.2. The fraction of sp³-hybridized carbons (Fsp3) is 0.0714. The monoisotopic (exact) mass is 350 g/mol. The molecule has 0 saturated heterocycles. The van der Waals surface area contributed by atoms with Gasteiger partial charge in [0, 0.05) is 16.2 Å². The number of halogens is 1. The second-order valence-corrected chi connectivity index (χ2v) is 5.17. The normalized spacial score (nSPS) is 10.2. The zero-order valence-electron chi connectivity index (χ0n) is 10.9. The van der Waals surface area contributed by atoms with Crippen LogP contribution in [-0.4, -0.2) is 27.8 Å². The third-order valence-electron chi connectivity index (χ3n) is 2.80. The van der Waals surface area contributed by atoms with Crippen LogP contribution in [0.15, 0.2) is 34.9 Å². The van der Waals surface area contributed by atoms with E-state index in [0.29, 0.717) is 15.7 Å². The summed E-state index contributed by atoms with van der Waals surface area (Å²) in [5.41, 5.74) is 1.21. The molecule has 6 nitrogen and oxygen atoms in total. The van der Waals surface area contributed by atoms with Crippen molar-refractivity contribution in [3.8, 4) is 0 Å². The highest BCUT2D eigenvalue weighted by Crippen LogP contribution is 2.24. The number of aromatic nitrogens is 1. The third kappa shape index (κ3) is 3.38. The van der Waals surface area contributed by atoms with E-state index in [1.165, 1.54) is 37.4 Å². The van der Waals surface area contributed by atoms with E-state index in [1.807, 2.05) is 0 Å². The summed E-state index contributed by atoms with van der Waals surface area (Å²) >= 11 is 3.20. The number of rotatable bonds is 4. The van der Waals surface area contributed by atoms with Crippen molar-refractivity contribution in [3.63, 3.8) is 0 Å². The molecule has 21 heavy (non-hydrogen) atoms. The quantitative estimate of drug-likeness (QED) is 0.738. The number of anilines is 1. The van der Waals surface area contributed by atoms with Crippen molar-refractivity contribution in [3.05, 3.63) is 51.8 Å². The molecule has 3 N–H and O–H groups in total. The van der Waals surface area contributed by atoms with Gasteiger partial charge >= 0.3 is 5.97 Å². The maximum atomic E-state index is 12.0. The molecule has 0 unspecified atom stereocenters. The van der Waals surface area contributed by atoms with Crippen molar-refractivity contribution >= 4 is 39.3 Å². The number of carbonyl (C=O) groups is 3. The molecule has 0 bridgehead atoms. The Kier molecular flexibility index (Phi) is 4.23. The van der Waals surface area contributed by atoms with Gasteiger partial charge in [0.2, 0.25) is 0 Å². The number of hydrogen-bond donors (Lipinski definition) is 3. The molecule has 0 spiro atoms. The molecule has 0 aliphatic rings. The van der Waals surface area contributed by atoms with Gasteiger partial charge < -0.3 is 15.4 Å². The van der Waals surface area contributed by atoms with Crippen LogP contribution in [0.5, 0.6) is 0 Å². The number of ketones is 1. The summed E-state index contributed by atoms with van der Waals surface area (Å²) in [6.07, 6.45) is 1.46. The lowest BCUT2D eigenvalue weighted by Gasteiger charge is -2.07. The number of carbonyl (C=O) groups excluding carboxylic acids is 2. The maximum absolute atomic E-state index is 12.0. The second kappa shape index (κ2) is 5.92. The van der Waals surface area contributed by atoms with Gasteiger partial charge in [-0.25, -0.2) is 4.79 Å². The summed E-state index contributed by atoms with van der Waals surface area (Å²) in [6.45, 7) is 1.41. The Labute approximate surface area is 128 Å². The zero-order chi connectivity index (χ0) is 15.6. The Balaban J connectivity index is 2.19. The van der Waals surface area contributed by atoms with Gasteiger partial charge in [-0.15, -0.1) is 0 Å². The summed E-state index contributed by atoms with van der Waals surface area (Å²) in [6, 6.07) is 5.73. The zero-order valence-corrected chi connectivity index (χ0v) is 12.5. The number of aromatic carboxylic acids is 1. The number of hydrogen-bond acceptors (Lipinski definition) is 3. The standard InChI is InChI=1S/C14H11BrN2O4/c1-7(18)9-5-12(16-6-9)13(19)17-11-3-2-8(14(20)21)4-10(11)15/h2-6,16H,1H3,(H,17,19)(H,20,21). The van der Waals surface area contributed by atoms with Crippen molar-refractivity contribution in [1.29, 1.82) is 0 Å². The van der Waals surface area contributed by atoms with Crippen molar-refractivity contribution in [1.82, 2.24) is 4.98 Å². The van der Waals surface area contributed by atoms with E-state index >= 15 is 0 Å². The van der Waals surface area contributed by atoms with Crippen LogP contribution in [0, 0.1) is 0 Å². The number of carboxylic acids is 1. The first kappa shape index (κ1) is 15.0. The third-order valence-corrected chi connectivity index (χ3v) is 3.45. The molecule has 1 aromatic carbocycles. The molecule has 1 heterocycles. The van der Waals surface area contributed by atoms with E-state index in [-0.39, 0.29) is 17.0 Å². The smallest absolute Gasteiger partial charge is 0.335 e. The molecular formula is C14H11BrN2O4. The Morgan fingerprint density at radius 2 is 1.90 bits per heavy atom. The highest BCUT2D eigenvalue weighted by Gasteiger charge is 2.13. The molecule has 0 fully saturated rings. The minimum atomic E-state index is -1.05. The summed E-state index contributed by atoms with van der Waals surface area (Å²) in [5, 5.41) is 11.5. The van der Waals surface area contributed by atoms with Crippen LogP contribution >= 0.6 is 15.9 Å². The fourth-order valence-electron chi connectivity index (χ4n) is 1.67. The van der Waals surface area contributed by atoms with Crippen molar-refractivity contribution in [2.75, 3.05) is 5.32 Å². The van der Waals surface area contributed by atoms with Crippen LogP contribution in [0.4, 0.5) is 5.69 Å². The van der Waals surface area contributed by atoms with Crippen molar-refractivity contribution < 1.29 is 19.5 Å². The summed E-state index contributed by atoms with van der Waals surface area (Å²) in [4.78, 5) is 36.8. The van der Waals surface area contributed by atoms with E-state index in [9.17, 15) is 14.4 Å². The molecule has 2 rings (SSSR count). The molecule has 7 heteroatoms. The van der Waals surface area contributed by atoms with Crippen molar-refractivity contribution in [2.45, 2.75) is 6.92 Å². The predicted molar refractivity (Wildman–Crippen MR) is 79.9 cm³/mol. The van der Waals surface area contributed by atoms with Crippen LogP contribution in [0.25, 0.3) is 0 Å². The number of carboxylic acid groups (broad SMARTS) is 1. The first-order valence-corrected chi connectivity index (χ1v) is 6.71. The molecule has 1 aromatic heterocycles. The molecular weight excluding hydrogens is 340 g/mol. The number of aromatic amines is 1. The first-order valence-electron chi connectivity index (χ1n) is 5.92. The molecule has 0 aliphatic heterocycles. The van der Waals surface area contributed by atoms with Crippen LogP contribution < -0.4 is 5.32 Å². The summed E-state index contributed by atoms with van der Waals surface area (Å²) < 4.78 is 0.453. The van der Waals surface area contributed by atoms with Gasteiger partial charge in [0.1, 0.15) is 5.69 Å². The van der Waals surface area contributed by atoms with Gasteiger partial charge in [0.15, 0.2) is 5.78 Å². The lowest BCUT2D eigenvalue weighted by molar-refractivity contribution is 0.0696. The molecule has 0 atom stereocenters. The van der Waals surface area contributed by atoms with E-state index < -0.39 is 11.9 Å². The highest BCUT2D eigenvalue weighted by molar-refractivity contribution is 9.10. The molecule has 0 saturated carbocycles. The highest BCUT2D eigenvalue weighted by atomic mass is 79.9. The summed E-state index contributed by atoms with van der Waals surface area (Å²) in [7, 11) is 0.